The molecule has 2 fully saturated rings. The van der Waals surface area contributed by atoms with Crippen molar-refractivity contribution in [2.75, 3.05) is 50.5 Å². The minimum atomic E-state index is 0.718. The second-order valence-electron chi connectivity index (χ2n) is 6.31. The zero-order valence-corrected chi connectivity index (χ0v) is 17.2. The monoisotopic (exact) mass is 426 g/mol. The zero-order chi connectivity index (χ0) is 17.5. The maximum atomic E-state index is 5.49. The lowest BCUT2D eigenvalue weighted by Gasteiger charge is -2.31. The fourth-order valence-corrected chi connectivity index (χ4v) is 4.75. The number of nitrogens with one attached hydrogen (secondary N) is 2. The Morgan fingerprint density at radius 2 is 2.20 bits per heavy atom. The van der Waals surface area contributed by atoms with Gasteiger partial charge in [-0.05, 0) is 36.3 Å². The number of nitrogens with zero attached hydrogens (tertiary/aromatic N) is 2. The summed E-state index contributed by atoms with van der Waals surface area (Å²) < 4.78 is 6.60. The summed E-state index contributed by atoms with van der Waals surface area (Å²) in [5.74, 6) is 2.17. The number of hydrogen-bond acceptors (Lipinski definition) is 4. The Morgan fingerprint density at radius 1 is 1.36 bits per heavy atom. The van der Waals surface area contributed by atoms with Crippen LogP contribution in [-0.4, -0.2) is 56.9 Å². The van der Waals surface area contributed by atoms with Crippen LogP contribution in [0.3, 0.4) is 0 Å². The van der Waals surface area contributed by atoms with Gasteiger partial charge in [0.1, 0.15) is 0 Å². The predicted octanol–water partition coefficient (Wildman–Crippen LogP) is 2.85. The van der Waals surface area contributed by atoms with Crippen molar-refractivity contribution >= 4 is 39.3 Å². The summed E-state index contributed by atoms with van der Waals surface area (Å²) in [6, 6.07) is 6.49. The molecule has 0 spiro atoms. The van der Waals surface area contributed by atoms with Crippen LogP contribution in [0.5, 0.6) is 0 Å². The van der Waals surface area contributed by atoms with E-state index in [0.717, 1.165) is 55.1 Å². The van der Waals surface area contributed by atoms with Gasteiger partial charge in [0, 0.05) is 48.6 Å². The smallest absolute Gasteiger partial charge is 0.191 e. The molecule has 25 heavy (non-hydrogen) atoms. The quantitative estimate of drug-likeness (QED) is 0.559. The fourth-order valence-electron chi connectivity index (χ4n) is 3.20. The molecule has 2 saturated heterocycles. The number of ether oxygens (including phenoxy) is 1. The van der Waals surface area contributed by atoms with Gasteiger partial charge in [-0.15, -0.1) is 0 Å². The van der Waals surface area contributed by atoms with Crippen molar-refractivity contribution in [3.63, 3.8) is 0 Å². The van der Waals surface area contributed by atoms with Gasteiger partial charge in [0.2, 0.25) is 0 Å². The molecule has 0 saturated carbocycles. The van der Waals surface area contributed by atoms with Crippen molar-refractivity contribution in [3.05, 3.63) is 28.2 Å². The molecule has 2 heterocycles. The standard InChI is InChI=1S/C18H27BrN4OS/c1-20-18(22-13-16-3-2-10-25-16)21-12-14-4-5-15(19)11-17(14)23-6-8-24-9-7-23/h4-5,11,16H,2-3,6-10,12-13H2,1H3,(H2,20,21,22). The number of hydrogen-bond donors (Lipinski definition) is 2. The van der Waals surface area contributed by atoms with Crippen molar-refractivity contribution in [2.24, 2.45) is 4.99 Å². The van der Waals surface area contributed by atoms with Crippen molar-refractivity contribution in [1.82, 2.24) is 10.6 Å². The summed E-state index contributed by atoms with van der Waals surface area (Å²) in [5.41, 5.74) is 2.55. The van der Waals surface area contributed by atoms with Gasteiger partial charge in [-0.25, -0.2) is 0 Å². The van der Waals surface area contributed by atoms with Crippen molar-refractivity contribution < 1.29 is 4.74 Å². The number of halogens is 1. The summed E-state index contributed by atoms with van der Waals surface area (Å²) in [6.07, 6.45) is 2.65. The topological polar surface area (TPSA) is 48.9 Å². The number of thioether (sulfide) groups is 1. The lowest BCUT2D eigenvalue weighted by atomic mass is 10.1. The van der Waals surface area contributed by atoms with Gasteiger partial charge in [-0.3, -0.25) is 4.99 Å². The van der Waals surface area contributed by atoms with Gasteiger partial charge < -0.3 is 20.3 Å². The summed E-state index contributed by atoms with van der Waals surface area (Å²) in [6.45, 7) is 5.21. The highest BCUT2D eigenvalue weighted by atomic mass is 79.9. The predicted molar refractivity (Wildman–Crippen MR) is 111 cm³/mol. The van der Waals surface area contributed by atoms with Crippen molar-refractivity contribution in [2.45, 2.75) is 24.6 Å². The first-order chi connectivity index (χ1) is 12.3. The SMILES string of the molecule is CN=C(NCc1ccc(Br)cc1N1CCOCC1)NCC1CCCS1. The van der Waals surface area contributed by atoms with Crippen LogP contribution in [0.15, 0.2) is 27.7 Å². The first-order valence-corrected chi connectivity index (χ1v) is 10.8. The van der Waals surface area contributed by atoms with E-state index in [2.05, 4.69) is 66.4 Å². The molecule has 0 bridgehead atoms. The third kappa shape index (κ3) is 5.53. The van der Waals surface area contributed by atoms with E-state index < -0.39 is 0 Å². The Bertz CT molecular complexity index is 586. The molecule has 0 amide bonds. The molecular formula is C18H27BrN4OS. The van der Waals surface area contributed by atoms with E-state index in [0.29, 0.717) is 0 Å². The van der Waals surface area contributed by atoms with Gasteiger partial charge in [0.25, 0.3) is 0 Å². The van der Waals surface area contributed by atoms with Gasteiger partial charge >= 0.3 is 0 Å². The third-order valence-corrected chi connectivity index (χ3v) is 6.48. The molecule has 7 heteroatoms. The van der Waals surface area contributed by atoms with Gasteiger partial charge in [-0.1, -0.05) is 22.0 Å². The molecule has 138 valence electrons. The fraction of sp³-hybridized carbons (Fsp3) is 0.611. The number of morpholine rings is 1. The van der Waals surface area contributed by atoms with Crippen LogP contribution in [0.4, 0.5) is 5.69 Å². The van der Waals surface area contributed by atoms with Gasteiger partial charge in [0.15, 0.2) is 5.96 Å². The maximum Gasteiger partial charge on any atom is 0.191 e. The molecule has 2 N–H and O–H groups in total. The van der Waals surface area contributed by atoms with Gasteiger partial charge in [-0.2, -0.15) is 11.8 Å². The molecule has 0 aliphatic carbocycles. The number of aliphatic imine (C=N–C) groups is 1. The van der Waals surface area contributed by atoms with Crippen LogP contribution >= 0.6 is 27.7 Å². The van der Waals surface area contributed by atoms with Crippen LogP contribution in [-0.2, 0) is 11.3 Å². The summed E-state index contributed by atoms with van der Waals surface area (Å²) in [5, 5.41) is 7.65. The van der Waals surface area contributed by atoms with Crippen molar-refractivity contribution in [1.29, 1.82) is 0 Å². The Kier molecular flexibility index (Phi) is 7.31. The zero-order valence-electron chi connectivity index (χ0n) is 14.8. The first-order valence-electron chi connectivity index (χ1n) is 8.93. The Morgan fingerprint density at radius 3 is 2.92 bits per heavy atom. The highest BCUT2D eigenvalue weighted by Crippen LogP contribution is 2.26. The number of benzene rings is 1. The third-order valence-electron chi connectivity index (χ3n) is 4.59. The molecule has 0 radical (unpaired) electrons. The van der Waals surface area contributed by atoms with Crippen LogP contribution in [0.2, 0.25) is 0 Å². The van der Waals surface area contributed by atoms with Crippen LogP contribution in [0.25, 0.3) is 0 Å². The largest absolute Gasteiger partial charge is 0.378 e. The average Bonchev–Trinajstić information content (AvgIpc) is 3.17. The highest BCUT2D eigenvalue weighted by molar-refractivity contribution is 9.10. The molecule has 2 aliphatic rings. The lowest BCUT2D eigenvalue weighted by Crippen LogP contribution is -2.40. The normalized spacial score (nSPS) is 21.4. The highest BCUT2D eigenvalue weighted by Gasteiger charge is 2.17. The molecule has 1 aromatic carbocycles. The maximum absolute atomic E-state index is 5.49. The number of guanidine groups is 1. The van der Waals surface area contributed by atoms with E-state index in [1.54, 1.807) is 0 Å². The summed E-state index contributed by atoms with van der Waals surface area (Å²) >= 11 is 5.67. The van der Waals surface area contributed by atoms with E-state index in [1.807, 2.05) is 7.05 Å². The molecule has 1 aromatic rings. The second kappa shape index (κ2) is 9.69. The number of rotatable bonds is 5. The Labute approximate surface area is 163 Å². The minimum Gasteiger partial charge on any atom is -0.378 e. The van der Waals surface area contributed by atoms with Crippen LogP contribution in [0.1, 0.15) is 18.4 Å². The molecule has 1 atom stereocenters. The van der Waals surface area contributed by atoms with E-state index in [4.69, 9.17) is 4.74 Å². The summed E-state index contributed by atoms with van der Waals surface area (Å²) in [4.78, 5) is 6.77. The van der Waals surface area contributed by atoms with E-state index in [-0.39, 0.29) is 0 Å². The molecule has 2 aliphatic heterocycles. The Hall–Kier alpha value is -0.920. The van der Waals surface area contributed by atoms with Crippen LogP contribution < -0.4 is 15.5 Å². The first kappa shape index (κ1) is 18.9. The second-order valence-corrected chi connectivity index (χ2v) is 8.64. The minimum absolute atomic E-state index is 0.718. The molecule has 1 unspecified atom stereocenters. The van der Waals surface area contributed by atoms with E-state index >= 15 is 0 Å². The Balaban J connectivity index is 1.59. The molecular weight excluding hydrogens is 400 g/mol. The summed E-state index contributed by atoms with van der Waals surface area (Å²) in [7, 11) is 1.83. The molecule has 3 rings (SSSR count). The molecule has 5 nitrogen and oxygen atoms in total. The molecule has 0 aromatic heterocycles. The lowest BCUT2D eigenvalue weighted by molar-refractivity contribution is 0.122. The average molecular weight is 427 g/mol. The van der Waals surface area contributed by atoms with E-state index in [1.165, 1.54) is 29.8 Å². The van der Waals surface area contributed by atoms with Crippen molar-refractivity contribution in [3.8, 4) is 0 Å². The van der Waals surface area contributed by atoms with Gasteiger partial charge in [0.05, 0.1) is 13.2 Å². The van der Waals surface area contributed by atoms with E-state index in [9.17, 15) is 0 Å². The number of anilines is 1. The van der Waals surface area contributed by atoms with Crippen LogP contribution in [0, 0.1) is 0 Å².